The average Bonchev–Trinajstić information content (AvgIpc) is 2.47. The van der Waals surface area contributed by atoms with Crippen molar-refractivity contribution in [3.8, 4) is 0 Å². The van der Waals surface area contributed by atoms with Crippen LogP contribution >= 0.6 is 0 Å². The fourth-order valence-corrected chi connectivity index (χ4v) is 4.17. The molecule has 21 heavy (non-hydrogen) atoms. The van der Waals surface area contributed by atoms with Crippen molar-refractivity contribution < 1.29 is 4.74 Å². The normalized spacial score (nSPS) is 33.0. The molecule has 1 aromatic rings. The topological polar surface area (TPSA) is 21.3 Å². The molecular weight excluding hydrogens is 258 g/mol. The van der Waals surface area contributed by atoms with Crippen LogP contribution in [0, 0.1) is 17.8 Å². The summed E-state index contributed by atoms with van der Waals surface area (Å²) in [5.74, 6) is 2.40. The number of hydrogen-bond donors (Lipinski definition) is 1. The van der Waals surface area contributed by atoms with Gasteiger partial charge >= 0.3 is 0 Å². The number of hydrogen-bond acceptors (Lipinski definition) is 2. The number of benzene rings is 1. The van der Waals surface area contributed by atoms with Crippen LogP contribution in [0.5, 0.6) is 0 Å². The molecule has 1 fully saturated rings. The zero-order valence-corrected chi connectivity index (χ0v) is 13.6. The molecule has 3 rings (SSSR count). The molecule has 2 nitrogen and oxygen atoms in total. The van der Waals surface area contributed by atoms with Crippen molar-refractivity contribution >= 4 is 0 Å². The van der Waals surface area contributed by atoms with E-state index >= 15 is 0 Å². The van der Waals surface area contributed by atoms with Crippen molar-refractivity contribution in [2.75, 3.05) is 6.61 Å². The lowest BCUT2D eigenvalue weighted by molar-refractivity contribution is 0.0648. The second-order valence-corrected chi connectivity index (χ2v) is 7.37. The highest BCUT2D eigenvalue weighted by Gasteiger charge is 2.33. The van der Waals surface area contributed by atoms with Gasteiger partial charge in [-0.25, -0.2) is 0 Å². The van der Waals surface area contributed by atoms with Crippen molar-refractivity contribution in [2.24, 2.45) is 17.8 Å². The summed E-state index contributed by atoms with van der Waals surface area (Å²) in [6.45, 7) is 8.73. The lowest BCUT2D eigenvalue weighted by Gasteiger charge is -2.41. The number of fused-ring (bicyclic) bond motifs is 1. The van der Waals surface area contributed by atoms with E-state index in [-0.39, 0.29) is 0 Å². The second kappa shape index (κ2) is 6.50. The van der Waals surface area contributed by atoms with Gasteiger partial charge in [0.1, 0.15) is 0 Å². The lowest BCUT2D eigenvalue weighted by atomic mass is 9.73. The molecule has 0 spiro atoms. The molecule has 0 amide bonds. The second-order valence-electron chi connectivity index (χ2n) is 7.37. The number of nitrogens with one attached hydrogen (secondary N) is 1. The summed E-state index contributed by atoms with van der Waals surface area (Å²) < 4.78 is 5.81. The van der Waals surface area contributed by atoms with Crippen LogP contribution in [-0.2, 0) is 11.3 Å². The Balaban J connectivity index is 1.76. The molecule has 0 saturated heterocycles. The van der Waals surface area contributed by atoms with Gasteiger partial charge in [-0.3, -0.25) is 0 Å². The molecule has 1 aromatic carbocycles. The molecule has 0 bridgehead atoms. The van der Waals surface area contributed by atoms with Gasteiger partial charge in [-0.1, -0.05) is 51.5 Å². The molecule has 1 heterocycles. The lowest BCUT2D eigenvalue weighted by Crippen LogP contribution is -2.46. The number of rotatable bonds is 3. The Bertz CT molecular complexity index is 470. The summed E-state index contributed by atoms with van der Waals surface area (Å²) in [6, 6.07) is 9.74. The van der Waals surface area contributed by atoms with E-state index in [1.165, 1.54) is 30.4 Å². The minimum Gasteiger partial charge on any atom is -0.375 e. The Hall–Kier alpha value is -0.860. The zero-order chi connectivity index (χ0) is 14.8. The van der Waals surface area contributed by atoms with Crippen molar-refractivity contribution in [1.29, 1.82) is 0 Å². The molecule has 1 aliphatic heterocycles. The smallest absolute Gasteiger partial charge is 0.0721 e. The van der Waals surface area contributed by atoms with Crippen LogP contribution in [-0.4, -0.2) is 12.6 Å². The summed E-state index contributed by atoms with van der Waals surface area (Å²) in [4.78, 5) is 0. The van der Waals surface area contributed by atoms with Gasteiger partial charge in [-0.2, -0.15) is 0 Å². The first-order valence-electron chi connectivity index (χ1n) is 8.56. The third-order valence-electron chi connectivity index (χ3n) is 5.41. The van der Waals surface area contributed by atoms with Crippen LogP contribution in [0.2, 0.25) is 0 Å². The third-order valence-corrected chi connectivity index (χ3v) is 5.41. The SMILES string of the molecule is CC1CCC(C(C)C)C(NC2COCc3ccccc32)C1. The van der Waals surface area contributed by atoms with E-state index in [4.69, 9.17) is 4.74 Å². The molecule has 2 aliphatic rings. The molecule has 2 heteroatoms. The summed E-state index contributed by atoms with van der Waals surface area (Å²) in [7, 11) is 0. The molecule has 1 aliphatic carbocycles. The van der Waals surface area contributed by atoms with Crippen LogP contribution in [0.1, 0.15) is 57.2 Å². The highest BCUT2D eigenvalue weighted by atomic mass is 16.5. The van der Waals surface area contributed by atoms with E-state index < -0.39 is 0 Å². The van der Waals surface area contributed by atoms with Crippen LogP contribution < -0.4 is 5.32 Å². The predicted octanol–water partition coefficient (Wildman–Crippen LogP) is 4.31. The van der Waals surface area contributed by atoms with E-state index in [0.717, 1.165) is 31.0 Å². The Morgan fingerprint density at radius 1 is 1.19 bits per heavy atom. The minimum absolute atomic E-state index is 0.367. The maximum atomic E-state index is 5.81. The van der Waals surface area contributed by atoms with E-state index in [0.29, 0.717) is 12.1 Å². The van der Waals surface area contributed by atoms with E-state index in [2.05, 4.69) is 50.4 Å². The molecule has 4 atom stereocenters. The van der Waals surface area contributed by atoms with Crippen molar-refractivity contribution in [3.63, 3.8) is 0 Å². The standard InChI is InChI=1S/C19H29NO/c1-13(2)16-9-8-14(3)10-18(16)20-19-12-21-11-15-6-4-5-7-17(15)19/h4-7,13-14,16,18-20H,8-12H2,1-3H3. The van der Waals surface area contributed by atoms with Crippen LogP contribution in [0.15, 0.2) is 24.3 Å². The maximum Gasteiger partial charge on any atom is 0.0721 e. The summed E-state index contributed by atoms with van der Waals surface area (Å²) in [5.41, 5.74) is 2.80. The zero-order valence-electron chi connectivity index (χ0n) is 13.6. The van der Waals surface area contributed by atoms with E-state index in [1.54, 1.807) is 0 Å². The quantitative estimate of drug-likeness (QED) is 0.894. The molecular formula is C19H29NO. The first-order chi connectivity index (χ1) is 10.1. The van der Waals surface area contributed by atoms with Gasteiger partial charge in [-0.15, -0.1) is 0 Å². The minimum atomic E-state index is 0.367. The molecule has 0 radical (unpaired) electrons. The fourth-order valence-electron chi connectivity index (χ4n) is 4.17. The Labute approximate surface area is 129 Å². The largest absolute Gasteiger partial charge is 0.375 e. The number of ether oxygens (including phenoxy) is 1. The van der Waals surface area contributed by atoms with E-state index in [9.17, 15) is 0 Å². The highest BCUT2D eigenvalue weighted by molar-refractivity contribution is 5.31. The molecule has 1 N–H and O–H groups in total. The summed E-state index contributed by atoms with van der Waals surface area (Å²) in [6.07, 6.45) is 4.06. The first-order valence-corrected chi connectivity index (χ1v) is 8.56. The predicted molar refractivity (Wildman–Crippen MR) is 87.1 cm³/mol. The van der Waals surface area contributed by atoms with Crippen LogP contribution in [0.25, 0.3) is 0 Å². The monoisotopic (exact) mass is 287 g/mol. The Morgan fingerprint density at radius 3 is 2.81 bits per heavy atom. The Kier molecular flexibility index (Phi) is 4.66. The van der Waals surface area contributed by atoms with Crippen molar-refractivity contribution in [1.82, 2.24) is 5.32 Å². The van der Waals surface area contributed by atoms with Gasteiger partial charge in [0, 0.05) is 6.04 Å². The van der Waals surface area contributed by atoms with Crippen LogP contribution in [0.4, 0.5) is 0 Å². The first kappa shape index (κ1) is 15.1. The third kappa shape index (κ3) is 3.32. The molecule has 4 unspecified atom stereocenters. The highest BCUT2D eigenvalue weighted by Crippen LogP contribution is 2.35. The van der Waals surface area contributed by atoms with Gasteiger partial charge in [-0.05, 0) is 41.7 Å². The molecule has 0 aromatic heterocycles. The van der Waals surface area contributed by atoms with Gasteiger partial charge < -0.3 is 10.1 Å². The van der Waals surface area contributed by atoms with Gasteiger partial charge in [0.2, 0.25) is 0 Å². The summed E-state index contributed by atoms with van der Waals surface area (Å²) >= 11 is 0. The summed E-state index contributed by atoms with van der Waals surface area (Å²) in [5, 5.41) is 3.95. The fraction of sp³-hybridized carbons (Fsp3) is 0.684. The van der Waals surface area contributed by atoms with Gasteiger partial charge in [0.05, 0.1) is 19.3 Å². The maximum absolute atomic E-state index is 5.81. The Morgan fingerprint density at radius 2 is 2.00 bits per heavy atom. The molecule has 116 valence electrons. The van der Waals surface area contributed by atoms with Crippen molar-refractivity contribution in [3.05, 3.63) is 35.4 Å². The average molecular weight is 287 g/mol. The molecule has 1 saturated carbocycles. The van der Waals surface area contributed by atoms with Gasteiger partial charge in [0.25, 0.3) is 0 Å². The van der Waals surface area contributed by atoms with Crippen LogP contribution in [0.3, 0.4) is 0 Å². The van der Waals surface area contributed by atoms with E-state index in [1.807, 2.05) is 0 Å². The van der Waals surface area contributed by atoms with Gasteiger partial charge in [0.15, 0.2) is 0 Å². The van der Waals surface area contributed by atoms with Crippen molar-refractivity contribution in [2.45, 2.75) is 58.7 Å².